The van der Waals surface area contributed by atoms with Crippen LogP contribution in [0.2, 0.25) is 15.1 Å². The van der Waals surface area contributed by atoms with Gasteiger partial charge in [0.15, 0.2) is 6.10 Å². The van der Waals surface area contributed by atoms with E-state index in [0.717, 1.165) is 0 Å². The first-order valence-corrected chi connectivity index (χ1v) is 7.93. The van der Waals surface area contributed by atoms with E-state index in [1.54, 1.807) is 12.1 Å². The van der Waals surface area contributed by atoms with E-state index in [-0.39, 0.29) is 16.3 Å². The fraction of sp³-hybridized carbons (Fsp3) is 0.125. The number of benzene rings is 2. The summed E-state index contributed by atoms with van der Waals surface area (Å²) < 4.78 is 5.11. The van der Waals surface area contributed by atoms with E-state index >= 15 is 0 Å². The van der Waals surface area contributed by atoms with Crippen molar-refractivity contribution in [1.82, 2.24) is 0 Å². The summed E-state index contributed by atoms with van der Waals surface area (Å²) in [6, 6.07) is 8.98. The third-order valence-electron chi connectivity index (χ3n) is 3.08. The lowest BCUT2D eigenvalue weighted by atomic mass is 10.2. The average molecular weight is 388 g/mol. The molecule has 0 saturated heterocycles. The van der Waals surface area contributed by atoms with Gasteiger partial charge < -0.3 is 15.8 Å². The summed E-state index contributed by atoms with van der Waals surface area (Å²) >= 11 is 17.5. The van der Waals surface area contributed by atoms with Crippen LogP contribution in [-0.4, -0.2) is 18.0 Å². The molecule has 3 N–H and O–H groups in total. The highest BCUT2D eigenvalue weighted by molar-refractivity contribution is 6.36. The Balaban J connectivity index is 2.04. The molecule has 1 amide bonds. The number of nitrogens with two attached hydrogens (primary N) is 1. The standard InChI is InChI=1S/C16H13Cl3N2O3/c1-8(15(22)21-14-5-3-9(17)6-12(14)19)24-16(23)11-4-2-10(18)7-13(11)20/h2-8H,20H2,1H3,(H,21,22). The first-order chi connectivity index (χ1) is 11.3. The predicted molar refractivity (Wildman–Crippen MR) is 95.8 cm³/mol. The number of nitrogens with one attached hydrogen (secondary N) is 1. The fourth-order valence-electron chi connectivity index (χ4n) is 1.82. The summed E-state index contributed by atoms with van der Waals surface area (Å²) in [5.41, 5.74) is 6.37. The van der Waals surface area contributed by atoms with E-state index in [1.165, 1.54) is 31.2 Å². The Hall–Kier alpha value is -1.95. The van der Waals surface area contributed by atoms with Gasteiger partial charge in [-0.3, -0.25) is 4.79 Å². The van der Waals surface area contributed by atoms with E-state index in [1.807, 2.05) is 0 Å². The molecule has 0 spiro atoms. The number of hydrogen-bond donors (Lipinski definition) is 2. The van der Waals surface area contributed by atoms with E-state index in [4.69, 9.17) is 45.3 Å². The molecule has 0 aromatic heterocycles. The summed E-state index contributed by atoms with van der Waals surface area (Å²) in [5, 5.41) is 3.67. The van der Waals surface area contributed by atoms with Crippen molar-refractivity contribution in [2.24, 2.45) is 0 Å². The molecule has 1 atom stereocenters. The van der Waals surface area contributed by atoms with Gasteiger partial charge in [-0.1, -0.05) is 34.8 Å². The molecule has 0 aliphatic heterocycles. The van der Waals surface area contributed by atoms with Crippen molar-refractivity contribution in [3.63, 3.8) is 0 Å². The van der Waals surface area contributed by atoms with Gasteiger partial charge in [0.25, 0.3) is 5.91 Å². The van der Waals surface area contributed by atoms with Crippen LogP contribution in [0.4, 0.5) is 11.4 Å². The number of rotatable bonds is 4. The SMILES string of the molecule is CC(OC(=O)c1ccc(Cl)cc1N)C(=O)Nc1ccc(Cl)cc1Cl. The molecule has 0 fully saturated rings. The van der Waals surface area contributed by atoms with Crippen molar-refractivity contribution in [1.29, 1.82) is 0 Å². The molecule has 8 heteroatoms. The van der Waals surface area contributed by atoms with Crippen LogP contribution < -0.4 is 11.1 Å². The van der Waals surface area contributed by atoms with Crippen molar-refractivity contribution in [2.45, 2.75) is 13.0 Å². The van der Waals surface area contributed by atoms with E-state index < -0.39 is 18.0 Å². The van der Waals surface area contributed by atoms with Gasteiger partial charge in [0.2, 0.25) is 0 Å². The van der Waals surface area contributed by atoms with Gasteiger partial charge in [-0.2, -0.15) is 0 Å². The van der Waals surface area contributed by atoms with Crippen LogP contribution in [0.25, 0.3) is 0 Å². The zero-order valence-electron chi connectivity index (χ0n) is 12.5. The fourth-order valence-corrected chi connectivity index (χ4v) is 2.46. The molecule has 0 aliphatic rings. The Kier molecular flexibility index (Phi) is 5.94. The van der Waals surface area contributed by atoms with Gasteiger partial charge >= 0.3 is 5.97 Å². The third-order valence-corrected chi connectivity index (χ3v) is 3.86. The van der Waals surface area contributed by atoms with Crippen LogP contribution in [-0.2, 0) is 9.53 Å². The average Bonchev–Trinajstić information content (AvgIpc) is 2.49. The molecule has 2 aromatic carbocycles. The molecule has 0 bridgehead atoms. The van der Waals surface area contributed by atoms with Crippen LogP contribution in [0, 0.1) is 0 Å². The van der Waals surface area contributed by atoms with Gasteiger partial charge in [-0.05, 0) is 43.3 Å². The van der Waals surface area contributed by atoms with Crippen molar-refractivity contribution < 1.29 is 14.3 Å². The Morgan fingerprint density at radius 2 is 1.71 bits per heavy atom. The molecule has 126 valence electrons. The lowest BCUT2D eigenvalue weighted by Gasteiger charge is -2.15. The van der Waals surface area contributed by atoms with Crippen molar-refractivity contribution >= 4 is 58.1 Å². The van der Waals surface area contributed by atoms with Crippen LogP contribution >= 0.6 is 34.8 Å². The third kappa shape index (κ3) is 4.54. The second-order valence-corrected chi connectivity index (χ2v) is 6.17. The normalized spacial score (nSPS) is 11.7. The van der Waals surface area contributed by atoms with Crippen LogP contribution in [0.1, 0.15) is 17.3 Å². The van der Waals surface area contributed by atoms with Gasteiger partial charge in [0.05, 0.1) is 16.3 Å². The topological polar surface area (TPSA) is 81.4 Å². The number of nitrogen functional groups attached to an aromatic ring is 1. The highest BCUT2D eigenvalue weighted by atomic mass is 35.5. The minimum atomic E-state index is -1.06. The van der Waals surface area contributed by atoms with Crippen LogP contribution in [0.3, 0.4) is 0 Å². The summed E-state index contributed by atoms with van der Waals surface area (Å²) in [6.45, 7) is 1.43. The number of anilines is 2. The monoisotopic (exact) mass is 386 g/mol. The zero-order chi connectivity index (χ0) is 17.9. The Bertz CT molecular complexity index is 796. The maximum absolute atomic E-state index is 12.1. The number of carbonyl (C=O) groups is 2. The maximum Gasteiger partial charge on any atom is 0.341 e. The summed E-state index contributed by atoms with van der Waals surface area (Å²) in [5.74, 6) is -1.27. The summed E-state index contributed by atoms with van der Waals surface area (Å²) in [7, 11) is 0. The number of amides is 1. The number of hydrogen-bond acceptors (Lipinski definition) is 4. The minimum absolute atomic E-state index is 0.128. The molecular formula is C16H13Cl3N2O3. The first kappa shape index (κ1) is 18.4. The molecule has 2 rings (SSSR count). The summed E-state index contributed by atoms with van der Waals surface area (Å²) in [4.78, 5) is 24.2. The molecule has 2 aromatic rings. The van der Waals surface area contributed by atoms with Crippen LogP contribution in [0.15, 0.2) is 36.4 Å². The smallest absolute Gasteiger partial charge is 0.341 e. The predicted octanol–water partition coefficient (Wildman–Crippen LogP) is 4.41. The van der Waals surface area contributed by atoms with Crippen molar-refractivity contribution in [2.75, 3.05) is 11.1 Å². The molecule has 0 heterocycles. The van der Waals surface area contributed by atoms with E-state index in [9.17, 15) is 9.59 Å². The molecular weight excluding hydrogens is 375 g/mol. The highest BCUT2D eigenvalue weighted by Crippen LogP contribution is 2.25. The van der Waals surface area contributed by atoms with Crippen LogP contribution in [0.5, 0.6) is 0 Å². The second-order valence-electron chi connectivity index (χ2n) is 4.89. The van der Waals surface area contributed by atoms with Gasteiger partial charge in [0.1, 0.15) is 0 Å². The highest BCUT2D eigenvalue weighted by Gasteiger charge is 2.21. The largest absolute Gasteiger partial charge is 0.449 e. The van der Waals surface area contributed by atoms with Gasteiger partial charge in [0, 0.05) is 15.7 Å². The quantitative estimate of drug-likeness (QED) is 0.601. The summed E-state index contributed by atoms with van der Waals surface area (Å²) in [6.07, 6.45) is -1.06. The molecule has 0 radical (unpaired) electrons. The van der Waals surface area contributed by atoms with E-state index in [2.05, 4.69) is 5.32 Å². The number of halogens is 3. The maximum atomic E-state index is 12.1. The number of carbonyl (C=O) groups excluding carboxylic acids is 2. The lowest BCUT2D eigenvalue weighted by molar-refractivity contribution is -0.123. The number of esters is 1. The molecule has 5 nitrogen and oxygen atoms in total. The van der Waals surface area contributed by atoms with Gasteiger partial charge in [-0.25, -0.2) is 4.79 Å². The first-order valence-electron chi connectivity index (χ1n) is 6.80. The van der Waals surface area contributed by atoms with E-state index in [0.29, 0.717) is 15.7 Å². The lowest BCUT2D eigenvalue weighted by Crippen LogP contribution is -2.30. The molecule has 0 aliphatic carbocycles. The Labute approximate surface area is 153 Å². The Morgan fingerprint density at radius 3 is 2.33 bits per heavy atom. The molecule has 24 heavy (non-hydrogen) atoms. The Morgan fingerprint density at radius 1 is 1.08 bits per heavy atom. The second kappa shape index (κ2) is 7.75. The molecule has 0 saturated carbocycles. The van der Waals surface area contributed by atoms with Crippen molar-refractivity contribution in [3.05, 3.63) is 57.0 Å². The number of ether oxygens (including phenoxy) is 1. The van der Waals surface area contributed by atoms with Gasteiger partial charge in [-0.15, -0.1) is 0 Å². The zero-order valence-corrected chi connectivity index (χ0v) is 14.7. The van der Waals surface area contributed by atoms with Crippen molar-refractivity contribution in [3.8, 4) is 0 Å². The minimum Gasteiger partial charge on any atom is -0.449 e. The molecule has 1 unspecified atom stereocenters.